The highest BCUT2D eigenvalue weighted by Gasteiger charge is 2.16. The molecule has 0 saturated carbocycles. The molecule has 1 atom stereocenters. The summed E-state index contributed by atoms with van der Waals surface area (Å²) < 4.78 is 21.9. The van der Waals surface area contributed by atoms with Crippen molar-refractivity contribution >= 4 is 45.2 Å². The van der Waals surface area contributed by atoms with E-state index >= 15 is 0 Å². The van der Waals surface area contributed by atoms with Crippen LogP contribution in [0.3, 0.4) is 0 Å². The van der Waals surface area contributed by atoms with Gasteiger partial charge >= 0.3 is 0 Å². The van der Waals surface area contributed by atoms with E-state index in [0.29, 0.717) is 10.2 Å². The van der Waals surface area contributed by atoms with E-state index in [2.05, 4.69) is 11.9 Å². The number of aryl methyl sites for hydroxylation is 1. The van der Waals surface area contributed by atoms with E-state index in [1.54, 1.807) is 12.1 Å². The molecule has 0 fully saturated rings. The van der Waals surface area contributed by atoms with Crippen LogP contribution < -0.4 is 0 Å². The second-order valence-electron chi connectivity index (χ2n) is 4.96. The monoisotopic (exact) mass is 424 g/mol. The zero-order chi connectivity index (χ0) is 15.4. The molecular formula is C15H19ClFIN2O. The van der Waals surface area contributed by atoms with Crippen LogP contribution in [0, 0.1) is 9.39 Å². The molecule has 0 saturated heterocycles. The minimum Gasteiger partial charge on any atom is -0.381 e. The first kappa shape index (κ1) is 17.0. The molecule has 0 aliphatic heterocycles. The summed E-state index contributed by atoms with van der Waals surface area (Å²) in [7, 11) is 0. The molecule has 0 radical (unpaired) electrons. The number of ether oxygens (including phenoxy) is 1. The molecule has 1 aromatic carbocycles. The molecule has 0 spiro atoms. The highest BCUT2D eigenvalue weighted by molar-refractivity contribution is 14.1. The van der Waals surface area contributed by atoms with Crippen molar-refractivity contribution in [1.82, 2.24) is 9.55 Å². The number of alkyl halides is 1. The van der Waals surface area contributed by atoms with Gasteiger partial charge in [0.05, 0.1) is 20.0 Å². The zero-order valence-corrected chi connectivity index (χ0v) is 15.1. The second kappa shape index (κ2) is 7.74. The number of aromatic nitrogens is 2. The van der Waals surface area contributed by atoms with Crippen LogP contribution in [0.5, 0.6) is 0 Å². The minimum atomic E-state index is -0.222. The maximum atomic E-state index is 13.8. The average Bonchev–Trinajstić information content (AvgIpc) is 2.77. The maximum absolute atomic E-state index is 13.8. The molecule has 0 N–H and O–H groups in total. The summed E-state index contributed by atoms with van der Waals surface area (Å²) in [5.74, 6) is 0.559. The summed E-state index contributed by atoms with van der Waals surface area (Å²) in [6.45, 7) is 6.16. The van der Waals surface area contributed by atoms with Crippen molar-refractivity contribution in [2.24, 2.45) is 0 Å². The Morgan fingerprint density at radius 2 is 2.19 bits per heavy atom. The molecule has 1 heterocycles. The Morgan fingerprint density at radius 1 is 1.43 bits per heavy atom. The highest BCUT2D eigenvalue weighted by Crippen LogP contribution is 2.27. The Labute approximate surface area is 143 Å². The lowest BCUT2D eigenvalue weighted by Gasteiger charge is -2.10. The molecule has 0 aliphatic carbocycles. The Hall–Kier alpha value is -0.400. The lowest BCUT2D eigenvalue weighted by molar-refractivity contribution is 0.129. The van der Waals surface area contributed by atoms with Crippen molar-refractivity contribution in [3.8, 4) is 0 Å². The van der Waals surface area contributed by atoms with E-state index < -0.39 is 0 Å². The normalized spacial score (nSPS) is 13.0. The van der Waals surface area contributed by atoms with E-state index in [-0.39, 0.29) is 11.2 Å². The quantitative estimate of drug-likeness (QED) is 0.359. The van der Waals surface area contributed by atoms with E-state index in [1.807, 2.05) is 34.1 Å². The highest BCUT2D eigenvalue weighted by atomic mass is 127. The summed E-state index contributed by atoms with van der Waals surface area (Å²) in [5.41, 5.74) is 1.59. The van der Waals surface area contributed by atoms with Crippen molar-refractivity contribution in [2.75, 3.05) is 13.2 Å². The van der Waals surface area contributed by atoms with Crippen LogP contribution in [0.25, 0.3) is 11.0 Å². The summed E-state index contributed by atoms with van der Waals surface area (Å²) in [5, 5.41) is -0.213. The van der Waals surface area contributed by atoms with E-state index in [0.717, 1.165) is 42.9 Å². The van der Waals surface area contributed by atoms with E-state index in [9.17, 15) is 4.39 Å². The van der Waals surface area contributed by atoms with Crippen LogP contribution in [0.1, 0.15) is 37.9 Å². The van der Waals surface area contributed by atoms with Crippen LogP contribution in [-0.2, 0) is 11.3 Å². The fourth-order valence-corrected chi connectivity index (χ4v) is 2.87. The maximum Gasteiger partial charge on any atom is 0.138 e. The average molecular weight is 425 g/mol. The van der Waals surface area contributed by atoms with Crippen LogP contribution in [0.4, 0.5) is 4.39 Å². The van der Waals surface area contributed by atoms with Gasteiger partial charge in [0, 0.05) is 25.8 Å². The molecule has 6 heteroatoms. The fraction of sp³-hybridized carbons (Fsp3) is 0.533. The van der Waals surface area contributed by atoms with Gasteiger partial charge < -0.3 is 9.30 Å². The predicted octanol–water partition coefficient (Wildman–Crippen LogP) is 4.90. The smallest absolute Gasteiger partial charge is 0.138 e. The van der Waals surface area contributed by atoms with Gasteiger partial charge in [-0.3, -0.25) is 0 Å². The molecule has 0 bridgehead atoms. The number of hydrogen-bond donors (Lipinski definition) is 0. The van der Waals surface area contributed by atoms with Crippen LogP contribution in [0.15, 0.2) is 12.1 Å². The minimum absolute atomic E-state index is 0.213. The third-order valence-electron chi connectivity index (χ3n) is 3.19. The Bertz CT molecular complexity index is 615. The number of rotatable bonds is 7. The first-order valence-electron chi connectivity index (χ1n) is 7.11. The molecule has 2 aromatic rings. The largest absolute Gasteiger partial charge is 0.381 e. The van der Waals surface area contributed by atoms with Gasteiger partial charge in [-0.25, -0.2) is 9.37 Å². The summed E-state index contributed by atoms with van der Waals surface area (Å²) in [4.78, 5) is 4.55. The Kier molecular flexibility index (Phi) is 6.25. The third kappa shape index (κ3) is 4.07. The lowest BCUT2D eigenvalue weighted by Crippen LogP contribution is -2.07. The van der Waals surface area contributed by atoms with Crippen molar-refractivity contribution in [2.45, 2.75) is 38.6 Å². The van der Waals surface area contributed by atoms with Crippen LogP contribution in [0.2, 0.25) is 0 Å². The lowest BCUT2D eigenvalue weighted by atomic mass is 10.3. The number of halogens is 3. The van der Waals surface area contributed by atoms with E-state index in [1.165, 1.54) is 0 Å². The third-order valence-corrected chi connectivity index (χ3v) is 4.22. The first-order chi connectivity index (χ1) is 10.0. The second-order valence-corrected chi connectivity index (χ2v) is 6.78. The number of fused-ring (bicyclic) bond motifs is 1. The SMILES string of the molecule is CCCOCCCn1c(C(C)Cl)nc2cc(I)c(F)cc21. The molecule has 21 heavy (non-hydrogen) atoms. The summed E-state index contributed by atoms with van der Waals surface area (Å²) >= 11 is 8.19. The summed E-state index contributed by atoms with van der Waals surface area (Å²) in [6.07, 6.45) is 1.87. The Morgan fingerprint density at radius 3 is 2.86 bits per heavy atom. The number of nitrogens with zero attached hydrogens (tertiary/aromatic N) is 2. The molecule has 0 amide bonds. The molecular weight excluding hydrogens is 406 g/mol. The van der Waals surface area contributed by atoms with Gasteiger partial charge in [0.25, 0.3) is 0 Å². The van der Waals surface area contributed by atoms with Crippen molar-refractivity contribution in [3.63, 3.8) is 0 Å². The van der Waals surface area contributed by atoms with Gasteiger partial charge in [-0.1, -0.05) is 6.92 Å². The van der Waals surface area contributed by atoms with Crippen LogP contribution >= 0.6 is 34.2 Å². The van der Waals surface area contributed by atoms with Gasteiger partial charge in [0.15, 0.2) is 0 Å². The number of hydrogen-bond acceptors (Lipinski definition) is 2. The molecule has 1 unspecified atom stereocenters. The predicted molar refractivity (Wildman–Crippen MR) is 92.4 cm³/mol. The van der Waals surface area contributed by atoms with Crippen molar-refractivity contribution < 1.29 is 9.13 Å². The molecule has 2 rings (SSSR count). The van der Waals surface area contributed by atoms with Gasteiger partial charge in [-0.15, -0.1) is 11.6 Å². The number of imidazole rings is 1. The van der Waals surface area contributed by atoms with Gasteiger partial charge in [0.1, 0.15) is 11.6 Å². The Balaban J connectivity index is 2.26. The van der Waals surface area contributed by atoms with Crippen LogP contribution in [-0.4, -0.2) is 22.8 Å². The molecule has 0 aliphatic rings. The number of benzene rings is 1. The first-order valence-corrected chi connectivity index (χ1v) is 8.63. The zero-order valence-electron chi connectivity index (χ0n) is 12.2. The van der Waals surface area contributed by atoms with E-state index in [4.69, 9.17) is 16.3 Å². The van der Waals surface area contributed by atoms with Gasteiger partial charge in [-0.05, 0) is 48.4 Å². The molecule has 3 nitrogen and oxygen atoms in total. The molecule has 1 aromatic heterocycles. The molecule has 116 valence electrons. The standard InChI is InChI=1S/C15H19ClFIN2O/c1-3-6-21-7-4-5-20-14-8-11(17)12(18)9-13(14)19-15(20)10(2)16/h8-10H,3-7H2,1-2H3. The topological polar surface area (TPSA) is 27.1 Å². The van der Waals surface area contributed by atoms with Crippen molar-refractivity contribution in [3.05, 3.63) is 27.3 Å². The fourth-order valence-electron chi connectivity index (χ4n) is 2.25. The van der Waals surface area contributed by atoms with Crippen molar-refractivity contribution in [1.29, 1.82) is 0 Å². The van der Waals surface area contributed by atoms with Gasteiger partial charge in [0.2, 0.25) is 0 Å². The summed E-state index contributed by atoms with van der Waals surface area (Å²) in [6, 6.07) is 3.30. The van der Waals surface area contributed by atoms with Gasteiger partial charge in [-0.2, -0.15) is 0 Å².